The molecule has 0 radical (unpaired) electrons. The van der Waals surface area contributed by atoms with Gasteiger partial charge in [0, 0.05) is 25.5 Å². The summed E-state index contributed by atoms with van der Waals surface area (Å²) in [6.07, 6.45) is 3.60. The SMILES string of the molecule is COC(=O)c1ccc(CN(C)Cc2ccncc2)cc1. The number of rotatable bonds is 5. The molecule has 4 heteroatoms. The van der Waals surface area contributed by atoms with Crippen LogP contribution in [0.4, 0.5) is 0 Å². The van der Waals surface area contributed by atoms with E-state index in [9.17, 15) is 4.79 Å². The molecular weight excluding hydrogens is 252 g/mol. The van der Waals surface area contributed by atoms with Crippen LogP contribution >= 0.6 is 0 Å². The van der Waals surface area contributed by atoms with Gasteiger partial charge in [-0.2, -0.15) is 0 Å². The van der Waals surface area contributed by atoms with Crippen LogP contribution in [0, 0.1) is 0 Å². The van der Waals surface area contributed by atoms with E-state index in [1.807, 2.05) is 24.3 Å². The molecule has 1 heterocycles. The van der Waals surface area contributed by atoms with Crippen LogP contribution in [-0.2, 0) is 17.8 Å². The summed E-state index contributed by atoms with van der Waals surface area (Å²) in [5.41, 5.74) is 2.97. The van der Waals surface area contributed by atoms with Crippen molar-refractivity contribution in [3.8, 4) is 0 Å². The van der Waals surface area contributed by atoms with E-state index >= 15 is 0 Å². The van der Waals surface area contributed by atoms with Gasteiger partial charge in [-0.15, -0.1) is 0 Å². The van der Waals surface area contributed by atoms with Crippen LogP contribution in [0.25, 0.3) is 0 Å². The Morgan fingerprint density at radius 3 is 2.15 bits per heavy atom. The second kappa shape index (κ2) is 6.82. The molecule has 2 aromatic rings. The van der Waals surface area contributed by atoms with Crippen molar-refractivity contribution in [1.29, 1.82) is 0 Å². The number of nitrogens with zero attached hydrogens (tertiary/aromatic N) is 2. The Morgan fingerprint density at radius 2 is 1.60 bits per heavy atom. The van der Waals surface area contributed by atoms with Crippen molar-refractivity contribution >= 4 is 5.97 Å². The number of carbonyl (C=O) groups is 1. The maximum Gasteiger partial charge on any atom is 0.337 e. The van der Waals surface area contributed by atoms with E-state index < -0.39 is 0 Å². The molecule has 0 saturated heterocycles. The number of aromatic nitrogens is 1. The molecule has 0 saturated carbocycles. The summed E-state index contributed by atoms with van der Waals surface area (Å²) in [6.45, 7) is 1.69. The van der Waals surface area contributed by atoms with Crippen LogP contribution < -0.4 is 0 Å². The van der Waals surface area contributed by atoms with Gasteiger partial charge in [-0.05, 0) is 42.4 Å². The average Bonchev–Trinajstić information content (AvgIpc) is 2.48. The molecule has 20 heavy (non-hydrogen) atoms. The highest BCUT2D eigenvalue weighted by molar-refractivity contribution is 5.89. The maximum atomic E-state index is 11.3. The first-order valence-corrected chi connectivity index (χ1v) is 6.44. The molecule has 0 atom stereocenters. The van der Waals surface area contributed by atoms with E-state index in [4.69, 9.17) is 0 Å². The lowest BCUT2D eigenvalue weighted by Crippen LogP contribution is -2.17. The molecule has 0 unspecified atom stereocenters. The molecule has 0 aliphatic heterocycles. The normalized spacial score (nSPS) is 10.6. The quantitative estimate of drug-likeness (QED) is 0.783. The molecule has 0 aliphatic rings. The monoisotopic (exact) mass is 270 g/mol. The zero-order valence-electron chi connectivity index (χ0n) is 11.7. The molecule has 4 nitrogen and oxygen atoms in total. The molecule has 104 valence electrons. The number of benzene rings is 1. The second-order valence-electron chi connectivity index (χ2n) is 4.72. The minimum absolute atomic E-state index is 0.304. The van der Waals surface area contributed by atoms with Crippen molar-refractivity contribution in [1.82, 2.24) is 9.88 Å². The summed E-state index contributed by atoms with van der Waals surface area (Å²) < 4.78 is 4.68. The zero-order valence-corrected chi connectivity index (χ0v) is 11.7. The van der Waals surface area contributed by atoms with Crippen molar-refractivity contribution in [3.63, 3.8) is 0 Å². The Balaban J connectivity index is 1.94. The number of hydrogen-bond donors (Lipinski definition) is 0. The fraction of sp³-hybridized carbons (Fsp3) is 0.250. The third-order valence-electron chi connectivity index (χ3n) is 3.03. The van der Waals surface area contributed by atoms with Crippen LogP contribution in [0.1, 0.15) is 21.5 Å². The third-order valence-corrected chi connectivity index (χ3v) is 3.03. The Bertz CT molecular complexity index is 552. The molecule has 0 spiro atoms. The summed E-state index contributed by atoms with van der Waals surface area (Å²) in [5, 5.41) is 0. The van der Waals surface area contributed by atoms with Gasteiger partial charge in [0.1, 0.15) is 0 Å². The van der Waals surface area contributed by atoms with E-state index in [0.717, 1.165) is 18.7 Å². The minimum Gasteiger partial charge on any atom is -0.465 e. The summed E-state index contributed by atoms with van der Waals surface area (Å²) in [6, 6.07) is 11.5. The van der Waals surface area contributed by atoms with Crippen molar-refractivity contribution < 1.29 is 9.53 Å². The average molecular weight is 270 g/mol. The fourth-order valence-electron chi connectivity index (χ4n) is 2.03. The number of carbonyl (C=O) groups excluding carboxylic acids is 1. The van der Waals surface area contributed by atoms with E-state index in [1.54, 1.807) is 24.5 Å². The third kappa shape index (κ3) is 3.90. The number of pyridine rings is 1. The maximum absolute atomic E-state index is 11.3. The number of methoxy groups -OCH3 is 1. The highest BCUT2D eigenvalue weighted by atomic mass is 16.5. The van der Waals surface area contributed by atoms with Gasteiger partial charge in [-0.3, -0.25) is 9.88 Å². The first-order valence-electron chi connectivity index (χ1n) is 6.44. The van der Waals surface area contributed by atoms with Gasteiger partial charge in [0.05, 0.1) is 12.7 Å². The number of hydrogen-bond acceptors (Lipinski definition) is 4. The molecule has 1 aromatic carbocycles. The van der Waals surface area contributed by atoms with Gasteiger partial charge >= 0.3 is 5.97 Å². The Morgan fingerprint density at radius 1 is 1.05 bits per heavy atom. The van der Waals surface area contributed by atoms with Crippen LogP contribution in [-0.4, -0.2) is 30.0 Å². The zero-order chi connectivity index (χ0) is 14.4. The van der Waals surface area contributed by atoms with Gasteiger partial charge in [-0.1, -0.05) is 12.1 Å². The van der Waals surface area contributed by atoms with Gasteiger partial charge in [0.15, 0.2) is 0 Å². The van der Waals surface area contributed by atoms with Crippen LogP contribution in [0.5, 0.6) is 0 Å². The van der Waals surface area contributed by atoms with E-state index in [0.29, 0.717) is 5.56 Å². The molecule has 0 aliphatic carbocycles. The van der Waals surface area contributed by atoms with Gasteiger partial charge in [-0.25, -0.2) is 4.79 Å². The van der Waals surface area contributed by atoms with Crippen molar-refractivity contribution in [2.45, 2.75) is 13.1 Å². The van der Waals surface area contributed by atoms with Crippen LogP contribution in [0.3, 0.4) is 0 Å². The lowest BCUT2D eigenvalue weighted by Gasteiger charge is -2.16. The first-order chi connectivity index (χ1) is 9.69. The summed E-state index contributed by atoms with van der Waals surface area (Å²) >= 11 is 0. The largest absolute Gasteiger partial charge is 0.465 e. The van der Waals surface area contributed by atoms with E-state index in [-0.39, 0.29) is 5.97 Å². The van der Waals surface area contributed by atoms with E-state index in [1.165, 1.54) is 12.7 Å². The summed E-state index contributed by atoms with van der Waals surface area (Å²) in [4.78, 5) is 17.6. The minimum atomic E-state index is -0.304. The summed E-state index contributed by atoms with van der Waals surface area (Å²) in [5.74, 6) is -0.304. The Hall–Kier alpha value is -2.20. The van der Waals surface area contributed by atoms with E-state index in [2.05, 4.69) is 21.7 Å². The molecule has 1 aromatic heterocycles. The Kier molecular flexibility index (Phi) is 4.85. The molecule has 0 bridgehead atoms. The van der Waals surface area contributed by atoms with Gasteiger partial charge in [0.25, 0.3) is 0 Å². The standard InChI is InChI=1S/C16H18N2O2/c1-18(12-14-7-9-17-10-8-14)11-13-3-5-15(6-4-13)16(19)20-2/h3-10H,11-12H2,1-2H3. The van der Waals surface area contributed by atoms with Crippen molar-refractivity contribution in [2.75, 3.05) is 14.2 Å². The highest BCUT2D eigenvalue weighted by Gasteiger charge is 2.06. The van der Waals surface area contributed by atoms with Crippen molar-refractivity contribution in [3.05, 3.63) is 65.5 Å². The van der Waals surface area contributed by atoms with Crippen molar-refractivity contribution in [2.24, 2.45) is 0 Å². The molecule has 2 rings (SSSR count). The van der Waals surface area contributed by atoms with Crippen LogP contribution in [0.2, 0.25) is 0 Å². The molecule has 0 fully saturated rings. The smallest absolute Gasteiger partial charge is 0.337 e. The fourth-order valence-corrected chi connectivity index (χ4v) is 2.03. The first kappa shape index (κ1) is 14.2. The summed E-state index contributed by atoms with van der Waals surface area (Å²) in [7, 11) is 3.45. The predicted octanol–water partition coefficient (Wildman–Crippen LogP) is 2.50. The topological polar surface area (TPSA) is 42.4 Å². The predicted molar refractivity (Wildman–Crippen MR) is 77.2 cm³/mol. The molecule has 0 amide bonds. The van der Waals surface area contributed by atoms with Gasteiger partial charge < -0.3 is 4.74 Å². The lowest BCUT2D eigenvalue weighted by atomic mass is 10.1. The Labute approximate surface area is 119 Å². The van der Waals surface area contributed by atoms with Gasteiger partial charge in [0.2, 0.25) is 0 Å². The lowest BCUT2D eigenvalue weighted by molar-refractivity contribution is 0.0600. The number of ether oxygens (including phenoxy) is 1. The highest BCUT2D eigenvalue weighted by Crippen LogP contribution is 2.10. The number of esters is 1. The second-order valence-corrected chi connectivity index (χ2v) is 4.72. The van der Waals surface area contributed by atoms with Crippen LogP contribution in [0.15, 0.2) is 48.8 Å². The molecular formula is C16H18N2O2. The molecule has 0 N–H and O–H groups in total.